The number of rotatable bonds is 3. The molecule has 0 amide bonds. The molecule has 0 heterocycles. The van der Waals surface area contributed by atoms with Crippen LogP contribution in [-0.2, 0) is 0 Å². The standard InChI is InChI=1S/C5H6F6O2/c6-3(5(9,10)11)4(7,8)2(13)1-12/h2-3,12-13H,1H2. The summed E-state index contributed by atoms with van der Waals surface area (Å²) in [5, 5.41) is 16.1. The second-order valence-corrected chi connectivity index (χ2v) is 2.28. The summed E-state index contributed by atoms with van der Waals surface area (Å²) in [5.74, 6) is -5.03. The Labute approximate surface area is 68.8 Å². The Morgan fingerprint density at radius 1 is 1.08 bits per heavy atom. The Hall–Kier alpha value is -0.500. The maximum absolute atomic E-state index is 12.2. The minimum Gasteiger partial charge on any atom is -0.393 e. The maximum atomic E-state index is 12.2. The lowest BCUT2D eigenvalue weighted by Gasteiger charge is -2.25. The van der Waals surface area contributed by atoms with E-state index in [1.54, 1.807) is 0 Å². The number of alkyl halides is 6. The molecule has 0 saturated heterocycles. The minimum absolute atomic E-state index is 1.65. The largest absolute Gasteiger partial charge is 0.425 e. The van der Waals surface area contributed by atoms with Gasteiger partial charge in [0.2, 0.25) is 0 Å². The second kappa shape index (κ2) is 3.70. The van der Waals surface area contributed by atoms with Crippen molar-refractivity contribution in [1.82, 2.24) is 0 Å². The van der Waals surface area contributed by atoms with E-state index in [-0.39, 0.29) is 0 Å². The molecule has 0 fully saturated rings. The molecule has 0 aliphatic heterocycles. The Balaban J connectivity index is 4.63. The van der Waals surface area contributed by atoms with Crippen LogP contribution in [0.15, 0.2) is 0 Å². The maximum Gasteiger partial charge on any atom is 0.425 e. The molecule has 0 aromatic carbocycles. The van der Waals surface area contributed by atoms with Gasteiger partial charge < -0.3 is 10.2 Å². The molecule has 0 radical (unpaired) electrons. The number of halogens is 6. The van der Waals surface area contributed by atoms with E-state index in [9.17, 15) is 26.3 Å². The third-order valence-electron chi connectivity index (χ3n) is 1.24. The zero-order chi connectivity index (χ0) is 10.9. The molecule has 0 saturated carbocycles. The highest BCUT2D eigenvalue weighted by Crippen LogP contribution is 2.36. The summed E-state index contributed by atoms with van der Waals surface area (Å²) < 4.78 is 70.6. The van der Waals surface area contributed by atoms with Crippen molar-refractivity contribution in [3.05, 3.63) is 0 Å². The number of aliphatic hydroxyl groups is 2. The van der Waals surface area contributed by atoms with Crippen LogP contribution in [0.5, 0.6) is 0 Å². The van der Waals surface area contributed by atoms with E-state index in [0.29, 0.717) is 0 Å². The molecule has 0 bridgehead atoms. The number of hydrogen-bond acceptors (Lipinski definition) is 2. The van der Waals surface area contributed by atoms with E-state index in [2.05, 4.69) is 0 Å². The van der Waals surface area contributed by atoms with E-state index in [1.807, 2.05) is 0 Å². The van der Waals surface area contributed by atoms with Gasteiger partial charge in [0.1, 0.15) is 6.10 Å². The lowest BCUT2D eigenvalue weighted by atomic mass is 10.1. The molecule has 80 valence electrons. The quantitative estimate of drug-likeness (QED) is 0.681. The van der Waals surface area contributed by atoms with Crippen LogP contribution in [-0.4, -0.2) is 41.2 Å². The zero-order valence-electron chi connectivity index (χ0n) is 6.02. The molecule has 0 aromatic rings. The van der Waals surface area contributed by atoms with Crippen molar-refractivity contribution in [3.8, 4) is 0 Å². The average Bonchev–Trinajstić information content (AvgIpc) is 1.99. The van der Waals surface area contributed by atoms with Crippen molar-refractivity contribution < 1.29 is 36.6 Å². The molecule has 2 atom stereocenters. The summed E-state index contributed by atoms with van der Waals surface area (Å²) in [7, 11) is 0. The highest BCUT2D eigenvalue weighted by molar-refractivity contribution is 4.88. The summed E-state index contributed by atoms with van der Waals surface area (Å²) >= 11 is 0. The smallest absolute Gasteiger partial charge is 0.393 e. The van der Waals surface area contributed by atoms with Crippen LogP contribution in [0.3, 0.4) is 0 Å². The Morgan fingerprint density at radius 2 is 1.46 bits per heavy atom. The molecule has 0 aliphatic rings. The molecule has 2 unspecified atom stereocenters. The van der Waals surface area contributed by atoms with E-state index >= 15 is 0 Å². The fourth-order valence-electron chi connectivity index (χ4n) is 0.509. The summed E-state index contributed by atoms with van der Waals surface area (Å²) in [4.78, 5) is 0. The van der Waals surface area contributed by atoms with Crippen LogP contribution in [0.4, 0.5) is 26.3 Å². The topological polar surface area (TPSA) is 40.5 Å². The van der Waals surface area contributed by atoms with Crippen molar-refractivity contribution in [2.24, 2.45) is 0 Å². The van der Waals surface area contributed by atoms with Gasteiger partial charge in [0, 0.05) is 0 Å². The number of hydrogen-bond donors (Lipinski definition) is 2. The molecular weight excluding hydrogens is 206 g/mol. The normalized spacial score (nSPS) is 18.5. The SMILES string of the molecule is OCC(O)C(F)(F)C(F)C(F)(F)F. The Kier molecular flexibility index (Phi) is 3.56. The highest BCUT2D eigenvalue weighted by Gasteiger charge is 2.60. The minimum atomic E-state index is -5.76. The molecular formula is C5H6F6O2. The number of aliphatic hydroxyl groups excluding tert-OH is 2. The predicted octanol–water partition coefficient (Wildman–Crippen LogP) is 0.875. The van der Waals surface area contributed by atoms with Gasteiger partial charge in [-0.1, -0.05) is 0 Å². The van der Waals surface area contributed by atoms with Crippen LogP contribution in [0.2, 0.25) is 0 Å². The van der Waals surface area contributed by atoms with Crippen molar-refractivity contribution >= 4 is 0 Å². The molecule has 8 heteroatoms. The molecule has 2 N–H and O–H groups in total. The van der Waals surface area contributed by atoms with Gasteiger partial charge in [0.05, 0.1) is 6.61 Å². The first kappa shape index (κ1) is 12.5. The van der Waals surface area contributed by atoms with Gasteiger partial charge in [0.15, 0.2) is 0 Å². The van der Waals surface area contributed by atoms with E-state index < -0.39 is 31.0 Å². The van der Waals surface area contributed by atoms with Crippen molar-refractivity contribution in [2.75, 3.05) is 6.61 Å². The first-order valence-electron chi connectivity index (χ1n) is 3.01. The monoisotopic (exact) mass is 212 g/mol. The molecule has 0 spiro atoms. The lowest BCUT2D eigenvalue weighted by molar-refractivity contribution is -0.270. The first-order valence-corrected chi connectivity index (χ1v) is 3.01. The van der Waals surface area contributed by atoms with Gasteiger partial charge in [-0.05, 0) is 0 Å². The van der Waals surface area contributed by atoms with Crippen LogP contribution in [0, 0.1) is 0 Å². The van der Waals surface area contributed by atoms with E-state index in [4.69, 9.17) is 10.2 Å². The van der Waals surface area contributed by atoms with Crippen molar-refractivity contribution in [2.45, 2.75) is 24.4 Å². The molecule has 0 aliphatic carbocycles. The van der Waals surface area contributed by atoms with Gasteiger partial charge in [-0.3, -0.25) is 0 Å². The summed E-state index contributed by atoms with van der Waals surface area (Å²) in [5.41, 5.74) is 0. The van der Waals surface area contributed by atoms with Crippen molar-refractivity contribution in [3.63, 3.8) is 0 Å². The molecule has 0 aromatic heterocycles. The van der Waals surface area contributed by atoms with Gasteiger partial charge in [-0.2, -0.15) is 22.0 Å². The average molecular weight is 212 g/mol. The van der Waals surface area contributed by atoms with Crippen LogP contribution in [0.25, 0.3) is 0 Å². The lowest BCUT2D eigenvalue weighted by Crippen LogP contribution is -2.50. The van der Waals surface area contributed by atoms with Gasteiger partial charge >= 0.3 is 12.1 Å². The third-order valence-corrected chi connectivity index (χ3v) is 1.24. The molecule has 2 nitrogen and oxygen atoms in total. The van der Waals surface area contributed by atoms with E-state index in [0.717, 1.165) is 0 Å². The first-order chi connectivity index (χ1) is 5.64. The van der Waals surface area contributed by atoms with Crippen LogP contribution < -0.4 is 0 Å². The van der Waals surface area contributed by atoms with Crippen LogP contribution in [0.1, 0.15) is 0 Å². The molecule has 13 heavy (non-hydrogen) atoms. The zero-order valence-corrected chi connectivity index (χ0v) is 6.02. The molecule has 0 rings (SSSR count). The summed E-state index contributed by atoms with van der Waals surface area (Å²) in [6.45, 7) is -1.65. The fourth-order valence-corrected chi connectivity index (χ4v) is 0.509. The van der Waals surface area contributed by atoms with Gasteiger partial charge in [-0.25, -0.2) is 4.39 Å². The highest BCUT2D eigenvalue weighted by atomic mass is 19.4. The second-order valence-electron chi connectivity index (χ2n) is 2.28. The van der Waals surface area contributed by atoms with Crippen LogP contribution >= 0.6 is 0 Å². The third kappa shape index (κ3) is 2.73. The van der Waals surface area contributed by atoms with Crippen molar-refractivity contribution in [1.29, 1.82) is 0 Å². The predicted molar refractivity (Wildman–Crippen MR) is 29.0 cm³/mol. The fraction of sp³-hybridized carbons (Fsp3) is 1.00. The summed E-state index contributed by atoms with van der Waals surface area (Å²) in [6.07, 6.45) is -13.3. The van der Waals surface area contributed by atoms with Gasteiger partial charge in [0.25, 0.3) is 6.17 Å². The Bertz CT molecular complexity index is 167. The van der Waals surface area contributed by atoms with E-state index in [1.165, 1.54) is 0 Å². The summed E-state index contributed by atoms with van der Waals surface area (Å²) in [6, 6.07) is 0. The Morgan fingerprint density at radius 3 is 1.69 bits per heavy atom. The van der Waals surface area contributed by atoms with Gasteiger partial charge in [-0.15, -0.1) is 0 Å².